The number of amides is 1. The van der Waals surface area contributed by atoms with Crippen LogP contribution in [0, 0.1) is 0 Å². The summed E-state index contributed by atoms with van der Waals surface area (Å²) < 4.78 is 33.5. The molecular weight excluding hydrogens is 454 g/mol. The van der Waals surface area contributed by atoms with Crippen molar-refractivity contribution in [3.8, 4) is 5.75 Å². The van der Waals surface area contributed by atoms with Crippen LogP contribution in [-0.2, 0) is 21.2 Å². The molecule has 27 heavy (non-hydrogen) atoms. The molecule has 1 amide bonds. The van der Waals surface area contributed by atoms with Crippen LogP contribution in [0.1, 0.15) is 37.8 Å². The third-order valence-corrected chi connectivity index (χ3v) is 6.41. The minimum Gasteiger partial charge on any atom is -0.494 e. The molecule has 0 heterocycles. The van der Waals surface area contributed by atoms with Crippen molar-refractivity contribution >= 4 is 43.5 Å². The number of carbonyl (C=O) groups excluding carboxylic acids is 1. The van der Waals surface area contributed by atoms with E-state index in [2.05, 4.69) is 20.7 Å². The fourth-order valence-electron chi connectivity index (χ4n) is 2.51. The molecule has 0 unspecified atom stereocenters. The minimum absolute atomic E-state index is 0.0249. The Morgan fingerprint density at radius 3 is 2.52 bits per heavy atom. The van der Waals surface area contributed by atoms with Gasteiger partial charge in [-0.2, -0.15) is 0 Å². The number of hydrogen-bond donors (Lipinski definition) is 1. The summed E-state index contributed by atoms with van der Waals surface area (Å²) in [6.45, 7) is 6.25. The second kappa shape index (κ2) is 9.08. The third kappa shape index (κ3) is 5.70. The van der Waals surface area contributed by atoms with Crippen LogP contribution in [0.5, 0.6) is 5.75 Å². The summed E-state index contributed by atoms with van der Waals surface area (Å²) in [7, 11) is -3.98. The number of carbonyl (C=O) groups is 1. The Hall–Kier alpha value is -1.57. The first-order valence-electron chi connectivity index (χ1n) is 8.40. The molecule has 0 aliphatic rings. The third-order valence-electron chi connectivity index (χ3n) is 3.81. The topological polar surface area (TPSA) is 72.5 Å². The molecule has 2 aromatic rings. The van der Waals surface area contributed by atoms with Crippen molar-refractivity contribution in [1.82, 2.24) is 4.72 Å². The van der Waals surface area contributed by atoms with Crippen LogP contribution in [0.2, 0.25) is 5.02 Å². The van der Waals surface area contributed by atoms with E-state index in [1.807, 2.05) is 20.8 Å². The quantitative estimate of drug-likeness (QED) is 0.633. The lowest BCUT2D eigenvalue weighted by atomic mass is 10.0. The first kappa shape index (κ1) is 21.7. The standard InChI is InChI=1S/C19H21BrClNO4S/c1-4-26-18-8-6-14(11-15(18)12(2)3)27(24,25)22-19(23)10-13-5-7-16(20)17(21)9-13/h5-9,11-12H,4,10H2,1-3H3,(H,22,23). The van der Waals surface area contributed by atoms with Crippen molar-refractivity contribution < 1.29 is 17.9 Å². The molecule has 0 aromatic heterocycles. The van der Waals surface area contributed by atoms with Gasteiger partial charge in [-0.1, -0.05) is 31.5 Å². The Balaban J connectivity index is 2.21. The minimum atomic E-state index is -3.98. The molecule has 2 aromatic carbocycles. The van der Waals surface area contributed by atoms with Crippen LogP contribution in [0.15, 0.2) is 45.8 Å². The van der Waals surface area contributed by atoms with Crippen molar-refractivity contribution in [1.29, 1.82) is 0 Å². The largest absolute Gasteiger partial charge is 0.494 e. The molecule has 8 heteroatoms. The molecule has 0 fully saturated rings. The fraction of sp³-hybridized carbons (Fsp3) is 0.316. The van der Waals surface area contributed by atoms with E-state index in [4.69, 9.17) is 16.3 Å². The second-order valence-corrected chi connectivity index (χ2v) is 9.19. The maximum absolute atomic E-state index is 12.6. The van der Waals surface area contributed by atoms with Gasteiger partial charge < -0.3 is 4.74 Å². The highest BCUT2D eigenvalue weighted by atomic mass is 79.9. The Morgan fingerprint density at radius 2 is 1.93 bits per heavy atom. The first-order chi connectivity index (χ1) is 12.6. The molecule has 0 bridgehead atoms. The number of halogens is 2. The summed E-state index contributed by atoms with van der Waals surface area (Å²) in [6, 6.07) is 9.62. The molecule has 146 valence electrons. The molecule has 2 rings (SSSR count). The first-order valence-corrected chi connectivity index (χ1v) is 11.1. The molecule has 1 N–H and O–H groups in total. The molecule has 0 aliphatic carbocycles. The van der Waals surface area contributed by atoms with Crippen LogP contribution in [0.4, 0.5) is 0 Å². The molecule has 0 radical (unpaired) electrons. The van der Waals surface area contributed by atoms with Crippen LogP contribution in [0.25, 0.3) is 0 Å². The smallest absolute Gasteiger partial charge is 0.264 e. The second-order valence-electron chi connectivity index (χ2n) is 6.24. The van der Waals surface area contributed by atoms with Crippen molar-refractivity contribution in [2.24, 2.45) is 0 Å². The summed E-state index contributed by atoms with van der Waals surface area (Å²) in [6.07, 6.45) is -0.0969. The predicted molar refractivity (Wildman–Crippen MR) is 110 cm³/mol. The van der Waals surface area contributed by atoms with E-state index in [0.29, 0.717) is 27.4 Å². The lowest BCUT2D eigenvalue weighted by molar-refractivity contribution is -0.118. The van der Waals surface area contributed by atoms with E-state index in [-0.39, 0.29) is 17.2 Å². The Bertz CT molecular complexity index is 945. The van der Waals surface area contributed by atoms with Crippen molar-refractivity contribution in [2.75, 3.05) is 6.61 Å². The fourth-order valence-corrected chi connectivity index (χ4v) is 3.98. The van der Waals surface area contributed by atoms with Crippen LogP contribution in [-0.4, -0.2) is 20.9 Å². The number of sulfonamides is 1. The maximum atomic E-state index is 12.6. The Kier molecular flexibility index (Phi) is 7.31. The van der Waals surface area contributed by atoms with E-state index >= 15 is 0 Å². The lowest BCUT2D eigenvalue weighted by Gasteiger charge is -2.15. The molecule has 0 saturated carbocycles. The van der Waals surface area contributed by atoms with Crippen molar-refractivity contribution in [3.05, 3.63) is 57.0 Å². The molecular formula is C19H21BrClNO4S. The zero-order chi connectivity index (χ0) is 20.2. The summed E-state index contributed by atoms with van der Waals surface area (Å²) in [5.74, 6) is 0.0814. The highest BCUT2D eigenvalue weighted by molar-refractivity contribution is 9.10. The highest BCUT2D eigenvalue weighted by Crippen LogP contribution is 2.29. The molecule has 0 spiro atoms. The van der Waals surface area contributed by atoms with Gasteiger partial charge in [0, 0.05) is 4.47 Å². The van der Waals surface area contributed by atoms with E-state index in [9.17, 15) is 13.2 Å². The number of benzene rings is 2. The monoisotopic (exact) mass is 473 g/mol. The zero-order valence-electron chi connectivity index (χ0n) is 15.3. The number of ether oxygens (including phenoxy) is 1. The number of hydrogen-bond acceptors (Lipinski definition) is 4. The van der Waals surface area contributed by atoms with Gasteiger partial charge in [0.15, 0.2) is 0 Å². The van der Waals surface area contributed by atoms with E-state index < -0.39 is 15.9 Å². The Labute approximate surface area is 173 Å². The summed E-state index contributed by atoms with van der Waals surface area (Å²) in [5, 5.41) is 0.455. The van der Waals surface area contributed by atoms with Gasteiger partial charge in [0.05, 0.1) is 22.9 Å². The summed E-state index contributed by atoms with van der Waals surface area (Å²) >= 11 is 9.28. The molecule has 5 nitrogen and oxygen atoms in total. The van der Waals surface area contributed by atoms with Gasteiger partial charge in [0.2, 0.25) is 5.91 Å². The zero-order valence-corrected chi connectivity index (χ0v) is 18.4. The SMILES string of the molecule is CCOc1ccc(S(=O)(=O)NC(=O)Cc2ccc(Br)c(Cl)c2)cc1C(C)C. The van der Waals surface area contributed by atoms with E-state index in [1.165, 1.54) is 6.07 Å². The van der Waals surface area contributed by atoms with E-state index in [1.54, 1.807) is 30.3 Å². The number of rotatable bonds is 7. The number of nitrogens with one attached hydrogen (secondary N) is 1. The van der Waals surface area contributed by atoms with Gasteiger partial charge in [-0.15, -0.1) is 0 Å². The van der Waals surface area contributed by atoms with Crippen LogP contribution >= 0.6 is 27.5 Å². The van der Waals surface area contributed by atoms with Gasteiger partial charge in [-0.05, 0) is 70.2 Å². The van der Waals surface area contributed by atoms with Crippen molar-refractivity contribution in [2.45, 2.75) is 38.0 Å². The van der Waals surface area contributed by atoms with Gasteiger partial charge >= 0.3 is 0 Å². The van der Waals surface area contributed by atoms with Gasteiger partial charge in [-0.3, -0.25) is 4.79 Å². The van der Waals surface area contributed by atoms with Gasteiger partial charge in [-0.25, -0.2) is 13.1 Å². The highest BCUT2D eigenvalue weighted by Gasteiger charge is 2.20. The van der Waals surface area contributed by atoms with Crippen molar-refractivity contribution in [3.63, 3.8) is 0 Å². The summed E-state index contributed by atoms with van der Waals surface area (Å²) in [5.41, 5.74) is 1.39. The van der Waals surface area contributed by atoms with E-state index in [0.717, 1.165) is 5.56 Å². The average Bonchev–Trinajstić information content (AvgIpc) is 2.58. The van der Waals surface area contributed by atoms with Gasteiger partial charge in [0.25, 0.3) is 10.0 Å². The lowest BCUT2D eigenvalue weighted by Crippen LogP contribution is -2.31. The van der Waals surface area contributed by atoms with Crippen LogP contribution < -0.4 is 9.46 Å². The van der Waals surface area contributed by atoms with Gasteiger partial charge in [0.1, 0.15) is 5.75 Å². The predicted octanol–water partition coefficient (Wildman–Crippen LogP) is 4.67. The Morgan fingerprint density at radius 1 is 1.22 bits per heavy atom. The normalized spacial score (nSPS) is 11.5. The molecule has 0 atom stereocenters. The summed E-state index contributed by atoms with van der Waals surface area (Å²) in [4.78, 5) is 12.2. The maximum Gasteiger partial charge on any atom is 0.264 e. The molecule has 0 aliphatic heterocycles. The average molecular weight is 475 g/mol. The molecule has 0 saturated heterocycles. The van der Waals surface area contributed by atoms with Crippen LogP contribution in [0.3, 0.4) is 0 Å².